The van der Waals surface area contributed by atoms with Crippen molar-refractivity contribution >= 4 is 23.2 Å². The molecule has 0 spiro atoms. The summed E-state index contributed by atoms with van der Waals surface area (Å²) in [5.74, 6) is 0.185. The fraction of sp³-hybridized carbons (Fsp3) is 0.739. The average molecular weight is 446 g/mol. The highest BCUT2D eigenvalue weighted by molar-refractivity contribution is 5.78. The molecule has 0 saturated carbocycles. The highest BCUT2D eigenvalue weighted by Crippen LogP contribution is 1.97. The molecule has 31 heavy (non-hydrogen) atoms. The lowest BCUT2D eigenvalue weighted by Crippen LogP contribution is -2.17. The van der Waals surface area contributed by atoms with E-state index in [0.29, 0.717) is 0 Å². The molecule has 0 aliphatic carbocycles. The fourth-order valence-corrected chi connectivity index (χ4v) is 0.583. The van der Waals surface area contributed by atoms with E-state index >= 15 is 0 Å². The van der Waals surface area contributed by atoms with Crippen molar-refractivity contribution in [3.63, 3.8) is 0 Å². The maximum absolute atomic E-state index is 10.1. The molecule has 0 fully saturated rings. The molecule has 0 saturated heterocycles. The molecule has 0 N–H and O–H groups in total. The summed E-state index contributed by atoms with van der Waals surface area (Å²) in [6, 6.07) is 0. The summed E-state index contributed by atoms with van der Waals surface area (Å²) in [4.78, 5) is 27.6. The first-order valence-corrected chi connectivity index (χ1v) is 10.0. The maximum atomic E-state index is 10.1. The van der Waals surface area contributed by atoms with Gasteiger partial charge in [0.1, 0.15) is 7.11 Å². The normalized spacial score (nSPS) is 7.77. The Hall–Kier alpha value is -2.38. The van der Waals surface area contributed by atoms with Crippen LogP contribution in [0.15, 0.2) is 21.4 Å². The predicted octanol–water partition coefficient (Wildman–Crippen LogP) is 4.52. The number of rotatable bonds is 2. The van der Waals surface area contributed by atoms with Gasteiger partial charge in [-0.05, 0) is 55.4 Å². The van der Waals surface area contributed by atoms with Crippen LogP contribution in [0.4, 0.5) is 0 Å². The van der Waals surface area contributed by atoms with Crippen LogP contribution in [-0.2, 0) is 14.4 Å². The molecule has 0 bridgehead atoms. The zero-order valence-electron chi connectivity index (χ0n) is 23.5. The third-order valence-corrected chi connectivity index (χ3v) is 2.93. The average Bonchev–Trinajstić information content (AvgIpc) is 2.55. The van der Waals surface area contributed by atoms with Crippen molar-refractivity contribution in [1.82, 2.24) is 14.8 Å². The minimum Gasteiger partial charge on any atom is -0.399 e. The van der Waals surface area contributed by atoms with Crippen LogP contribution in [0.1, 0.15) is 69.2 Å². The Balaban J connectivity index is -0.0000000910. The molecule has 0 atom stereocenters. The van der Waals surface area contributed by atoms with E-state index in [0.717, 1.165) is 11.4 Å². The summed E-state index contributed by atoms with van der Waals surface area (Å²) in [7, 11) is 12.3. The highest BCUT2D eigenvalue weighted by atomic mass is 16.6. The Labute approximate surface area is 193 Å². The molecule has 0 unspecified atom stereocenters. The van der Waals surface area contributed by atoms with Crippen LogP contribution in [0, 0.1) is 0 Å². The highest BCUT2D eigenvalue weighted by Gasteiger charge is 1.88. The summed E-state index contributed by atoms with van der Waals surface area (Å²) in [6.45, 7) is 19.2. The molecule has 0 aromatic rings. The SMILES string of the molecule is CC(=O)N(C)C.CC(=O)N(C)C.CC(C)=C(C)C.CC(C)=NN(C)C.CON=C(C)C. The van der Waals surface area contributed by atoms with Gasteiger partial charge in [0, 0.05) is 61.8 Å². The van der Waals surface area contributed by atoms with E-state index in [1.807, 2.05) is 41.8 Å². The van der Waals surface area contributed by atoms with E-state index in [9.17, 15) is 9.59 Å². The number of oxime groups is 1. The summed E-state index contributed by atoms with van der Waals surface area (Å²) in [6.07, 6.45) is 0. The van der Waals surface area contributed by atoms with Gasteiger partial charge in [-0.3, -0.25) is 9.59 Å². The number of nitrogens with zero attached hydrogens (tertiary/aromatic N) is 5. The molecule has 0 heterocycles. The Bertz CT molecular complexity index is 505. The van der Waals surface area contributed by atoms with E-state index in [4.69, 9.17) is 0 Å². The van der Waals surface area contributed by atoms with Crippen LogP contribution >= 0.6 is 0 Å². The number of allylic oxidation sites excluding steroid dienone is 2. The van der Waals surface area contributed by atoms with Crippen molar-refractivity contribution in [1.29, 1.82) is 0 Å². The van der Waals surface area contributed by atoms with Crippen LogP contribution in [0.3, 0.4) is 0 Å². The molecular weight excluding hydrogens is 394 g/mol. The zero-order valence-corrected chi connectivity index (χ0v) is 23.5. The lowest BCUT2D eigenvalue weighted by Gasteiger charge is -2.02. The number of hydrogen-bond acceptors (Lipinski definition) is 6. The van der Waals surface area contributed by atoms with Crippen LogP contribution in [0.2, 0.25) is 0 Å². The zero-order chi connectivity index (χ0) is 26.3. The standard InChI is InChI=1S/C6H12.C5H12N2.3C4H9NO/c1-5(2)6(3)4;1-5(2)6-7(3)4;2*1-4(6)5(2)3;1-4(2)5-6-3/h1-4H3;1-4H3;3*1-3H3. The van der Waals surface area contributed by atoms with E-state index in [2.05, 4.69) is 42.8 Å². The summed E-state index contributed by atoms with van der Waals surface area (Å²) in [5.41, 5.74) is 4.88. The van der Waals surface area contributed by atoms with Crippen molar-refractivity contribution in [2.75, 3.05) is 49.4 Å². The van der Waals surface area contributed by atoms with Crippen LogP contribution in [0.25, 0.3) is 0 Å². The van der Waals surface area contributed by atoms with Crippen LogP contribution in [-0.4, -0.2) is 87.4 Å². The Morgan fingerprint density at radius 3 is 0.839 bits per heavy atom. The summed E-state index contributed by atoms with van der Waals surface area (Å²) < 4.78 is 0. The number of carbonyl (C=O) groups is 2. The van der Waals surface area contributed by atoms with Gasteiger partial charge in [-0.1, -0.05) is 16.3 Å². The largest absolute Gasteiger partial charge is 0.399 e. The molecule has 0 rings (SSSR count). The Morgan fingerprint density at radius 1 is 0.581 bits per heavy atom. The smallest absolute Gasteiger partial charge is 0.218 e. The van der Waals surface area contributed by atoms with Gasteiger partial charge in [0.15, 0.2) is 0 Å². The first-order chi connectivity index (χ1) is 13.8. The number of carbonyl (C=O) groups excluding carboxylic acids is 2. The Kier molecular flexibility index (Phi) is 32.4. The molecular formula is C23H51N5O3. The molecule has 0 radical (unpaired) electrons. The van der Waals surface area contributed by atoms with Gasteiger partial charge >= 0.3 is 0 Å². The molecule has 0 aliphatic heterocycles. The second-order valence-electron chi connectivity index (χ2n) is 7.94. The van der Waals surface area contributed by atoms with E-state index in [1.165, 1.54) is 41.9 Å². The van der Waals surface area contributed by atoms with Gasteiger partial charge in [0.2, 0.25) is 11.8 Å². The molecule has 8 nitrogen and oxygen atoms in total. The quantitative estimate of drug-likeness (QED) is 0.355. The van der Waals surface area contributed by atoms with Crippen molar-refractivity contribution in [2.45, 2.75) is 69.2 Å². The van der Waals surface area contributed by atoms with Crippen molar-refractivity contribution in [2.24, 2.45) is 10.3 Å². The molecule has 0 aliphatic rings. The molecule has 0 aromatic carbocycles. The van der Waals surface area contributed by atoms with E-state index in [-0.39, 0.29) is 11.8 Å². The van der Waals surface area contributed by atoms with Gasteiger partial charge in [-0.25, -0.2) is 0 Å². The minimum absolute atomic E-state index is 0.0926. The van der Waals surface area contributed by atoms with Gasteiger partial charge in [0.05, 0.1) is 5.71 Å². The van der Waals surface area contributed by atoms with Gasteiger partial charge in [0.25, 0.3) is 0 Å². The molecule has 0 aromatic heterocycles. The summed E-state index contributed by atoms with van der Waals surface area (Å²) >= 11 is 0. The number of hydrogen-bond donors (Lipinski definition) is 0. The monoisotopic (exact) mass is 445 g/mol. The van der Waals surface area contributed by atoms with E-state index < -0.39 is 0 Å². The molecule has 8 heteroatoms. The maximum Gasteiger partial charge on any atom is 0.218 e. The Morgan fingerprint density at radius 2 is 0.839 bits per heavy atom. The first kappa shape index (κ1) is 39.1. The van der Waals surface area contributed by atoms with Crippen molar-refractivity contribution < 1.29 is 14.4 Å². The summed E-state index contributed by atoms with van der Waals surface area (Å²) in [5, 5.41) is 9.36. The van der Waals surface area contributed by atoms with Crippen molar-refractivity contribution in [3.8, 4) is 0 Å². The van der Waals surface area contributed by atoms with E-state index in [1.54, 1.807) is 33.2 Å². The second kappa shape index (κ2) is 25.7. The van der Waals surface area contributed by atoms with Gasteiger partial charge in [-0.15, -0.1) is 0 Å². The fourth-order valence-electron chi connectivity index (χ4n) is 0.583. The lowest BCUT2D eigenvalue weighted by molar-refractivity contribution is -0.127. The lowest BCUT2D eigenvalue weighted by atomic mass is 10.2. The third kappa shape index (κ3) is 65.6. The topological polar surface area (TPSA) is 77.8 Å². The number of hydrazone groups is 1. The first-order valence-electron chi connectivity index (χ1n) is 10.0. The minimum atomic E-state index is 0.0926. The predicted molar refractivity (Wildman–Crippen MR) is 137 cm³/mol. The van der Waals surface area contributed by atoms with Gasteiger partial charge in [-0.2, -0.15) is 5.10 Å². The van der Waals surface area contributed by atoms with Crippen LogP contribution < -0.4 is 0 Å². The van der Waals surface area contributed by atoms with Crippen molar-refractivity contribution in [3.05, 3.63) is 11.1 Å². The van der Waals surface area contributed by atoms with Crippen LogP contribution in [0.5, 0.6) is 0 Å². The molecule has 186 valence electrons. The third-order valence-electron chi connectivity index (χ3n) is 2.93. The number of amides is 2. The second-order valence-corrected chi connectivity index (χ2v) is 7.94. The van der Waals surface area contributed by atoms with Gasteiger partial charge < -0.3 is 19.6 Å². The molecule has 2 amide bonds.